The molecular weight excluding hydrogens is 255 g/mol. The van der Waals surface area contributed by atoms with Gasteiger partial charge in [0.1, 0.15) is 0 Å². The van der Waals surface area contributed by atoms with Gasteiger partial charge in [0.05, 0.1) is 5.56 Å². The molecule has 1 amide bonds. The van der Waals surface area contributed by atoms with Crippen molar-refractivity contribution in [1.29, 1.82) is 0 Å². The van der Waals surface area contributed by atoms with E-state index in [0.29, 0.717) is 12.1 Å². The first-order valence-electron chi connectivity index (χ1n) is 6.44. The van der Waals surface area contributed by atoms with Gasteiger partial charge >= 0.3 is 0 Å². The Labute approximate surface area is 117 Å². The second kappa shape index (κ2) is 5.82. The molecule has 1 aromatic carbocycles. The molecule has 3 nitrogen and oxygen atoms in total. The largest absolute Gasteiger partial charge is 0.351 e. The van der Waals surface area contributed by atoms with Crippen molar-refractivity contribution in [2.75, 3.05) is 6.54 Å². The van der Waals surface area contributed by atoms with Crippen molar-refractivity contribution in [2.45, 2.75) is 19.3 Å². The molecule has 0 atom stereocenters. The number of hydrogen-bond acceptors (Lipinski definition) is 2. The number of halogens is 1. The van der Waals surface area contributed by atoms with Crippen LogP contribution in [0.4, 0.5) is 4.39 Å². The van der Waals surface area contributed by atoms with E-state index in [9.17, 15) is 9.18 Å². The summed E-state index contributed by atoms with van der Waals surface area (Å²) in [6.07, 6.45) is 1.24. The first-order chi connectivity index (χ1) is 9.49. The highest BCUT2D eigenvalue weighted by atomic mass is 19.1. The molecule has 1 N–H and O–H groups in total. The molecule has 1 heterocycles. The summed E-state index contributed by atoms with van der Waals surface area (Å²) in [7, 11) is 0. The van der Waals surface area contributed by atoms with Crippen LogP contribution >= 0.6 is 0 Å². The minimum atomic E-state index is -0.592. The maximum atomic E-state index is 12.7. The van der Waals surface area contributed by atoms with Crippen LogP contribution in [0.2, 0.25) is 0 Å². The van der Waals surface area contributed by atoms with Gasteiger partial charge in [-0.15, -0.1) is 0 Å². The summed E-state index contributed by atoms with van der Waals surface area (Å²) in [5.41, 5.74) is 1.33. The smallest absolute Gasteiger partial charge is 0.252 e. The lowest BCUT2D eigenvalue weighted by Crippen LogP contribution is -2.36. The molecule has 0 saturated heterocycles. The topological polar surface area (TPSA) is 42.0 Å². The van der Waals surface area contributed by atoms with Crippen molar-refractivity contribution in [1.82, 2.24) is 10.3 Å². The Balaban J connectivity index is 2.01. The Morgan fingerprint density at radius 2 is 1.90 bits per heavy atom. The van der Waals surface area contributed by atoms with Crippen molar-refractivity contribution < 1.29 is 9.18 Å². The predicted molar refractivity (Wildman–Crippen MR) is 76.0 cm³/mol. The van der Waals surface area contributed by atoms with Crippen molar-refractivity contribution in [3.05, 3.63) is 65.7 Å². The zero-order chi connectivity index (χ0) is 14.6. The van der Waals surface area contributed by atoms with Crippen LogP contribution in [-0.2, 0) is 5.41 Å². The van der Waals surface area contributed by atoms with Crippen molar-refractivity contribution >= 4 is 5.91 Å². The fourth-order valence-electron chi connectivity index (χ4n) is 1.90. The first kappa shape index (κ1) is 14.2. The van der Waals surface area contributed by atoms with Crippen LogP contribution < -0.4 is 5.32 Å². The SMILES string of the molecule is CC(C)(CNC(=O)c1ccc(F)nc1)c1ccccc1. The monoisotopic (exact) mass is 272 g/mol. The maximum absolute atomic E-state index is 12.7. The second-order valence-corrected chi connectivity index (χ2v) is 5.30. The van der Waals surface area contributed by atoms with Crippen LogP contribution in [0, 0.1) is 5.95 Å². The Morgan fingerprint density at radius 1 is 1.20 bits per heavy atom. The van der Waals surface area contributed by atoms with Gasteiger partial charge in [0.25, 0.3) is 5.91 Å². The molecular formula is C16H17FN2O. The second-order valence-electron chi connectivity index (χ2n) is 5.30. The van der Waals surface area contributed by atoms with Crippen molar-refractivity contribution in [3.63, 3.8) is 0 Å². The normalized spacial score (nSPS) is 11.2. The minimum Gasteiger partial charge on any atom is -0.351 e. The molecule has 0 aliphatic heterocycles. The minimum absolute atomic E-state index is 0.176. The Hall–Kier alpha value is -2.23. The summed E-state index contributed by atoms with van der Waals surface area (Å²) in [5.74, 6) is -0.840. The van der Waals surface area contributed by atoms with Crippen LogP contribution in [0.3, 0.4) is 0 Å². The summed E-state index contributed by atoms with van der Waals surface area (Å²) in [6.45, 7) is 4.62. The molecule has 4 heteroatoms. The number of rotatable bonds is 4. The summed E-state index contributed by atoms with van der Waals surface area (Å²) in [6, 6.07) is 12.6. The Kier molecular flexibility index (Phi) is 4.13. The number of benzene rings is 1. The van der Waals surface area contributed by atoms with Gasteiger partial charge in [0.2, 0.25) is 5.95 Å². The highest BCUT2D eigenvalue weighted by molar-refractivity contribution is 5.93. The zero-order valence-electron chi connectivity index (χ0n) is 11.6. The van der Waals surface area contributed by atoms with E-state index in [1.54, 1.807) is 0 Å². The van der Waals surface area contributed by atoms with E-state index in [1.165, 1.54) is 18.3 Å². The van der Waals surface area contributed by atoms with E-state index in [0.717, 1.165) is 5.56 Å². The van der Waals surface area contributed by atoms with E-state index in [1.807, 2.05) is 30.3 Å². The molecule has 0 spiro atoms. The molecule has 0 saturated carbocycles. The van der Waals surface area contributed by atoms with Crippen LogP contribution in [0.1, 0.15) is 29.8 Å². The number of aromatic nitrogens is 1. The summed E-state index contributed by atoms with van der Waals surface area (Å²) < 4.78 is 12.7. The molecule has 2 aromatic rings. The number of pyridine rings is 1. The summed E-state index contributed by atoms with van der Waals surface area (Å²) in [4.78, 5) is 15.4. The van der Waals surface area contributed by atoms with Gasteiger partial charge in [-0.2, -0.15) is 4.39 Å². The Morgan fingerprint density at radius 3 is 2.50 bits per heavy atom. The summed E-state index contributed by atoms with van der Waals surface area (Å²) in [5, 5.41) is 2.86. The first-order valence-corrected chi connectivity index (χ1v) is 6.44. The highest BCUT2D eigenvalue weighted by Crippen LogP contribution is 2.21. The fourth-order valence-corrected chi connectivity index (χ4v) is 1.90. The molecule has 0 aliphatic carbocycles. The molecule has 20 heavy (non-hydrogen) atoms. The lowest BCUT2D eigenvalue weighted by atomic mass is 9.84. The van der Waals surface area contributed by atoms with Gasteiger partial charge in [0, 0.05) is 18.2 Å². The lowest BCUT2D eigenvalue weighted by molar-refractivity contribution is 0.0945. The zero-order valence-corrected chi connectivity index (χ0v) is 11.6. The van der Waals surface area contributed by atoms with Crippen molar-refractivity contribution in [2.24, 2.45) is 0 Å². The van der Waals surface area contributed by atoms with Gasteiger partial charge in [-0.25, -0.2) is 4.98 Å². The van der Waals surface area contributed by atoms with Gasteiger partial charge in [-0.3, -0.25) is 4.79 Å². The van der Waals surface area contributed by atoms with Gasteiger partial charge in [0.15, 0.2) is 0 Å². The standard InChI is InChI=1S/C16H17FN2O/c1-16(2,13-6-4-3-5-7-13)11-19-15(20)12-8-9-14(17)18-10-12/h3-10H,11H2,1-2H3,(H,19,20). The molecule has 1 aromatic heterocycles. The highest BCUT2D eigenvalue weighted by Gasteiger charge is 2.21. The molecule has 0 fully saturated rings. The Bertz CT molecular complexity index is 579. The maximum Gasteiger partial charge on any atom is 0.252 e. The number of amides is 1. The third-order valence-electron chi connectivity index (χ3n) is 3.24. The third-order valence-corrected chi connectivity index (χ3v) is 3.24. The number of carbonyl (C=O) groups excluding carboxylic acids is 1. The quantitative estimate of drug-likeness (QED) is 0.869. The van der Waals surface area contributed by atoms with Gasteiger partial charge in [-0.1, -0.05) is 44.2 Å². The van der Waals surface area contributed by atoms with E-state index >= 15 is 0 Å². The van der Waals surface area contributed by atoms with Crippen molar-refractivity contribution in [3.8, 4) is 0 Å². The van der Waals surface area contributed by atoms with Crippen LogP contribution in [0.25, 0.3) is 0 Å². The van der Waals surface area contributed by atoms with Gasteiger partial charge < -0.3 is 5.32 Å². The molecule has 0 radical (unpaired) electrons. The predicted octanol–water partition coefficient (Wildman–Crippen LogP) is 2.93. The molecule has 104 valence electrons. The average Bonchev–Trinajstić information content (AvgIpc) is 2.46. The number of nitrogens with zero attached hydrogens (tertiary/aromatic N) is 1. The lowest BCUT2D eigenvalue weighted by Gasteiger charge is -2.25. The van der Waals surface area contributed by atoms with Crippen LogP contribution in [-0.4, -0.2) is 17.4 Å². The number of nitrogens with one attached hydrogen (secondary N) is 1. The van der Waals surface area contributed by atoms with Gasteiger partial charge in [-0.05, 0) is 17.7 Å². The molecule has 0 aliphatic rings. The molecule has 0 bridgehead atoms. The van der Waals surface area contributed by atoms with E-state index in [2.05, 4.69) is 24.1 Å². The molecule has 2 rings (SSSR count). The van der Waals surface area contributed by atoms with E-state index < -0.39 is 5.95 Å². The number of hydrogen-bond donors (Lipinski definition) is 1. The van der Waals surface area contributed by atoms with E-state index in [4.69, 9.17) is 0 Å². The number of carbonyl (C=O) groups is 1. The van der Waals surface area contributed by atoms with Crippen LogP contribution in [0.15, 0.2) is 48.7 Å². The van der Waals surface area contributed by atoms with Crippen LogP contribution in [0.5, 0.6) is 0 Å². The van der Waals surface area contributed by atoms with E-state index in [-0.39, 0.29) is 11.3 Å². The molecule has 0 unspecified atom stereocenters. The fraction of sp³-hybridized carbons (Fsp3) is 0.250. The summed E-state index contributed by atoms with van der Waals surface area (Å²) >= 11 is 0. The third kappa shape index (κ3) is 3.41. The average molecular weight is 272 g/mol.